The largest absolute Gasteiger partial charge is 0.384 e. The smallest absolute Gasteiger partial charge is 0.104 e. The van der Waals surface area contributed by atoms with Crippen LogP contribution in [0.2, 0.25) is 5.02 Å². The average Bonchev–Trinajstić information content (AvgIpc) is 2.88. The predicted octanol–water partition coefficient (Wildman–Crippen LogP) is 3.76. The Morgan fingerprint density at radius 1 is 1.16 bits per heavy atom. The molecule has 3 heteroatoms. The van der Waals surface area contributed by atoms with E-state index in [0.717, 1.165) is 22.3 Å². The number of rotatable bonds is 2. The Hall–Kier alpha value is -1.35. The minimum Gasteiger partial charge on any atom is -0.384 e. The Bertz CT molecular complexity index is 622. The molecule has 19 heavy (non-hydrogen) atoms. The molecule has 2 aromatic carbocycles. The van der Waals surface area contributed by atoms with Gasteiger partial charge in [0.2, 0.25) is 0 Å². The molecule has 3 rings (SSSR count). The van der Waals surface area contributed by atoms with E-state index in [4.69, 9.17) is 16.3 Å². The molecule has 0 aromatic heterocycles. The molecule has 0 amide bonds. The molecule has 0 spiro atoms. The number of benzene rings is 2. The third kappa shape index (κ3) is 2.27. The summed E-state index contributed by atoms with van der Waals surface area (Å²) in [4.78, 5) is 0. The summed E-state index contributed by atoms with van der Waals surface area (Å²) >= 11 is 6.11. The standard InChI is InChI=1S/C16H15ClO2/c1-10-14(3-2-4-15(10)17)16(18)11-5-6-12-8-19-9-13(12)7-11/h2-7,16,18H,8-9H2,1H3. The van der Waals surface area contributed by atoms with Crippen LogP contribution in [0.5, 0.6) is 0 Å². The van der Waals surface area contributed by atoms with Crippen molar-refractivity contribution < 1.29 is 9.84 Å². The molecule has 0 bridgehead atoms. The van der Waals surface area contributed by atoms with Gasteiger partial charge in [0, 0.05) is 5.02 Å². The Balaban J connectivity index is 2.00. The summed E-state index contributed by atoms with van der Waals surface area (Å²) < 4.78 is 5.40. The maximum absolute atomic E-state index is 10.5. The normalized spacial score (nSPS) is 15.3. The quantitative estimate of drug-likeness (QED) is 0.903. The summed E-state index contributed by atoms with van der Waals surface area (Å²) in [6.45, 7) is 3.23. The van der Waals surface area contributed by atoms with Gasteiger partial charge in [-0.25, -0.2) is 0 Å². The number of hydrogen-bond acceptors (Lipinski definition) is 2. The fraction of sp³-hybridized carbons (Fsp3) is 0.250. The number of fused-ring (bicyclic) bond motifs is 1. The van der Waals surface area contributed by atoms with Crippen LogP contribution in [-0.4, -0.2) is 5.11 Å². The lowest BCUT2D eigenvalue weighted by atomic mass is 9.95. The number of halogens is 1. The van der Waals surface area contributed by atoms with Crippen LogP contribution < -0.4 is 0 Å². The Morgan fingerprint density at radius 3 is 2.79 bits per heavy atom. The molecule has 1 aliphatic heterocycles. The Morgan fingerprint density at radius 2 is 1.95 bits per heavy atom. The van der Waals surface area contributed by atoms with Crippen LogP contribution in [0.1, 0.15) is 33.9 Å². The van der Waals surface area contributed by atoms with Gasteiger partial charge in [-0.15, -0.1) is 0 Å². The van der Waals surface area contributed by atoms with Gasteiger partial charge in [0.1, 0.15) is 6.10 Å². The Kier molecular flexibility index (Phi) is 3.31. The number of aliphatic hydroxyl groups is 1. The van der Waals surface area contributed by atoms with Crippen LogP contribution in [0.3, 0.4) is 0 Å². The first-order valence-corrected chi connectivity index (χ1v) is 6.67. The highest BCUT2D eigenvalue weighted by atomic mass is 35.5. The van der Waals surface area contributed by atoms with Gasteiger partial charge >= 0.3 is 0 Å². The summed E-state index contributed by atoms with van der Waals surface area (Å²) in [7, 11) is 0. The average molecular weight is 275 g/mol. The zero-order valence-electron chi connectivity index (χ0n) is 10.7. The van der Waals surface area contributed by atoms with Gasteiger partial charge in [0.05, 0.1) is 13.2 Å². The summed E-state index contributed by atoms with van der Waals surface area (Å²) in [5.74, 6) is 0. The lowest BCUT2D eigenvalue weighted by Gasteiger charge is -2.16. The van der Waals surface area contributed by atoms with Crippen molar-refractivity contribution in [2.24, 2.45) is 0 Å². The highest BCUT2D eigenvalue weighted by Gasteiger charge is 2.17. The lowest BCUT2D eigenvalue weighted by Crippen LogP contribution is -2.03. The highest BCUT2D eigenvalue weighted by molar-refractivity contribution is 6.31. The van der Waals surface area contributed by atoms with Crippen LogP contribution in [0.25, 0.3) is 0 Å². The van der Waals surface area contributed by atoms with Crippen molar-refractivity contribution in [1.82, 2.24) is 0 Å². The van der Waals surface area contributed by atoms with E-state index < -0.39 is 6.10 Å². The van der Waals surface area contributed by atoms with Gasteiger partial charge in [-0.2, -0.15) is 0 Å². The zero-order chi connectivity index (χ0) is 13.4. The third-order valence-electron chi connectivity index (χ3n) is 3.67. The van der Waals surface area contributed by atoms with Gasteiger partial charge in [0.15, 0.2) is 0 Å². The van der Waals surface area contributed by atoms with Crippen molar-refractivity contribution >= 4 is 11.6 Å². The van der Waals surface area contributed by atoms with E-state index in [2.05, 4.69) is 0 Å². The Labute approximate surface area is 117 Å². The van der Waals surface area contributed by atoms with Crippen molar-refractivity contribution in [2.45, 2.75) is 26.2 Å². The molecule has 1 unspecified atom stereocenters. The molecule has 0 fully saturated rings. The molecule has 1 N–H and O–H groups in total. The maximum Gasteiger partial charge on any atom is 0.104 e. The molecule has 0 radical (unpaired) electrons. The first-order chi connectivity index (χ1) is 9.16. The molecular weight excluding hydrogens is 260 g/mol. The van der Waals surface area contributed by atoms with E-state index in [1.807, 2.05) is 43.3 Å². The van der Waals surface area contributed by atoms with Crippen molar-refractivity contribution in [1.29, 1.82) is 0 Å². The van der Waals surface area contributed by atoms with E-state index in [1.165, 1.54) is 5.56 Å². The van der Waals surface area contributed by atoms with Gasteiger partial charge in [-0.3, -0.25) is 0 Å². The van der Waals surface area contributed by atoms with E-state index in [0.29, 0.717) is 18.2 Å². The van der Waals surface area contributed by atoms with E-state index in [1.54, 1.807) is 0 Å². The first kappa shape index (κ1) is 12.7. The van der Waals surface area contributed by atoms with Gasteiger partial charge in [-0.05, 0) is 40.8 Å². The fourth-order valence-electron chi connectivity index (χ4n) is 2.46. The molecule has 0 saturated heterocycles. The maximum atomic E-state index is 10.5. The lowest BCUT2D eigenvalue weighted by molar-refractivity contribution is 0.134. The molecule has 0 aliphatic carbocycles. The van der Waals surface area contributed by atoms with Crippen LogP contribution in [-0.2, 0) is 18.0 Å². The van der Waals surface area contributed by atoms with Gasteiger partial charge in [0.25, 0.3) is 0 Å². The second kappa shape index (κ2) is 4.97. The third-order valence-corrected chi connectivity index (χ3v) is 4.07. The molecule has 2 aromatic rings. The summed E-state index contributed by atoms with van der Waals surface area (Å²) in [6.07, 6.45) is -0.649. The van der Waals surface area contributed by atoms with Crippen molar-refractivity contribution in [3.8, 4) is 0 Å². The molecule has 1 aliphatic rings. The SMILES string of the molecule is Cc1c(Cl)cccc1C(O)c1ccc2c(c1)COC2. The van der Waals surface area contributed by atoms with E-state index in [9.17, 15) is 5.11 Å². The van der Waals surface area contributed by atoms with Crippen molar-refractivity contribution in [3.05, 3.63) is 69.2 Å². The number of ether oxygens (including phenoxy) is 1. The molecule has 1 heterocycles. The zero-order valence-corrected chi connectivity index (χ0v) is 11.4. The molecule has 1 atom stereocenters. The topological polar surface area (TPSA) is 29.5 Å². The number of hydrogen-bond donors (Lipinski definition) is 1. The predicted molar refractivity (Wildman–Crippen MR) is 75.2 cm³/mol. The highest BCUT2D eigenvalue weighted by Crippen LogP contribution is 2.31. The van der Waals surface area contributed by atoms with Gasteiger partial charge < -0.3 is 9.84 Å². The van der Waals surface area contributed by atoms with Crippen molar-refractivity contribution in [3.63, 3.8) is 0 Å². The first-order valence-electron chi connectivity index (χ1n) is 6.29. The monoisotopic (exact) mass is 274 g/mol. The summed E-state index contributed by atoms with van der Waals surface area (Å²) in [6, 6.07) is 11.6. The summed E-state index contributed by atoms with van der Waals surface area (Å²) in [5.41, 5.74) is 5.03. The molecule has 0 saturated carbocycles. The molecule has 98 valence electrons. The minimum atomic E-state index is -0.649. The van der Waals surface area contributed by atoms with E-state index in [-0.39, 0.29) is 0 Å². The fourth-order valence-corrected chi connectivity index (χ4v) is 2.64. The van der Waals surface area contributed by atoms with Crippen LogP contribution in [0.4, 0.5) is 0 Å². The molecule has 2 nitrogen and oxygen atoms in total. The van der Waals surface area contributed by atoms with E-state index >= 15 is 0 Å². The second-order valence-electron chi connectivity index (χ2n) is 4.88. The minimum absolute atomic E-state index is 0.629. The van der Waals surface area contributed by atoms with Crippen LogP contribution in [0.15, 0.2) is 36.4 Å². The van der Waals surface area contributed by atoms with Gasteiger partial charge in [-0.1, -0.05) is 41.9 Å². The number of aliphatic hydroxyl groups excluding tert-OH is 1. The van der Waals surface area contributed by atoms with Crippen LogP contribution in [0, 0.1) is 6.92 Å². The van der Waals surface area contributed by atoms with Crippen LogP contribution >= 0.6 is 11.6 Å². The second-order valence-corrected chi connectivity index (χ2v) is 5.28. The molecular formula is C16H15ClO2. The van der Waals surface area contributed by atoms with Crippen molar-refractivity contribution in [2.75, 3.05) is 0 Å². The summed E-state index contributed by atoms with van der Waals surface area (Å²) in [5, 5.41) is 11.2.